The number of hydrogen-bond donors (Lipinski definition) is 1. The van der Waals surface area contributed by atoms with Crippen LogP contribution in [-0.4, -0.2) is 54.5 Å². The number of epoxide rings is 1. The Bertz CT molecular complexity index is 438. The van der Waals surface area contributed by atoms with Crippen molar-refractivity contribution in [3.63, 3.8) is 0 Å². The molecule has 2 rings (SSSR count). The highest BCUT2D eigenvalue weighted by atomic mass is 16.7. The van der Waals surface area contributed by atoms with Crippen LogP contribution in [0.5, 0.6) is 0 Å². The Morgan fingerprint density at radius 2 is 1.92 bits per heavy atom. The quantitative estimate of drug-likeness (QED) is 0.469. The number of hydrogen-bond acceptors (Lipinski definition) is 6. The van der Waals surface area contributed by atoms with Gasteiger partial charge in [0.2, 0.25) is 0 Å². The smallest absolute Gasteiger partial charge is 0.338 e. The molecule has 0 amide bonds. The summed E-state index contributed by atoms with van der Waals surface area (Å²) in [4.78, 5) is 12.0. The molecule has 0 aromatic carbocycles. The fourth-order valence-electron chi connectivity index (χ4n) is 3.36. The fraction of sp³-hybridized carbons (Fsp3) is 0.950. The maximum absolute atomic E-state index is 12.0. The molecule has 0 spiro atoms. The molecular weight excluding hydrogens is 336 g/mol. The average Bonchev–Trinajstić information content (AvgIpc) is 3.38. The van der Waals surface area contributed by atoms with E-state index in [9.17, 15) is 9.90 Å². The van der Waals surface area contributed by atoms with Gasteiger partial charge in [0.25, 0.3) is 0 Å². The zero-order chi connectivity index (χ0) is 19.3. The lowest BCUT2D eigenvalue weighted by Crippen LogP contribution is -2.44. The highest BCUT2D eigenvalue weighted by Crippen LogP contribution is 2.31. The topological polar surface area (TPSA) is 77.5 Å². The molecule has 0 aromatic rings. The van der Waals surface area contributed by atoms with Gasteiger partial charge in [-0.05, 0) is 39.0 Å². The Hall–Kier alpha value is -0.690. The van der Waals surface area contributed by atoms with Gasteiger partial charge in [-0.25, -0.2) is 4.79 Å². The monoisotopic (exact) mass is 372 g/mol. The van der Waals surface area contributed by atoms with Crippen molar-refractivity contribution >= 4 is 5.97 Å². The van der Waals surface area contributed by atoms with Gasteiger partial charge >= 0.3 is 5.97 Å². The lowest BCUT2D eigenvalue weighted by atomic mass is 9.96. The number of ether oxygens (including phenoxy) is 4. The van der Waals surface area contributed by atoms with Crippen molar-refractivity contribution in [2.24, 2.45) is 11.8 Å². The van der Waals surface area contributed by atoms with Crippen LogP contribution in [0.3, 0.4) is 0 Å². The highest BCUT2D eigenvalue weighted by Gasteiger charge is 2.46. The van der Waals surface area contributed by atoms with E-state index in [4.69, 9.17) is 18.9 Å². The molecule has 0 radical (unpaired) electrons. The van der Waals surface area contributed by atoms with Gasteiger partial charge < -0.3 is 24.1 Å². The number of aliphatic hydroxyl groups is 1. The second kappa shape index (κ2) is 10.0. The minimum atomic E-state index is -0.424. The van der Waals surface area contributed by atoms with Crippen molar-refractivity contribution in [3.05, 3.63) is 0 Å². The highest BCUT2D eigenvalue weighted by molar-refractivity contribution is 5.77. The van der Waals surface area contributed by atoms with Crippen LogP contribution >= 0.6 is 0 Å². The molecule has 6 nitrogen and oxygen atoms in total. The van der Waals surface area contributed by atoms with Crippen molar-refractivity contribution < 1.29 is 28.8 Å². The molecule has 6 heteroatoms. The van der Waals surface area contributed by atoms with Crippen LogP contribution in [0.25, 0.3) is 0 Å². The fourth-order valence-corrected chi connectivity index (χ4v) is 3.36. The summed E-state index contributed by atoms with van der Waals surface area (Å²) >= 11 is 0. The molecule has 152 valence electrons. The molecule has 2 heterocycles. The maximum Gasteiger partial charge on any atom is 0.338 e. The van der Waals surface area contributed by atoms with Crippen LogP contribution < -0.4 is 0 Å². The van der Waals surface area contributed by atoms with E-state index in [1.54, 1.807) is 0 Å². The lowest BCUT2D eigenvalue weighted by Gasteiger charge is -2.37. The van der Waals surface area contributed by atoms with Gasteiger partial charge in [0, 0.05) is 5.92 Å². The summed E-state index contributed by atoms with van der Waals surface area (Å²) in [7, 11) is 0. The average molecular weight is 373 g/mol. The number of esters is 1. The third-order valence-corrected chi connectivity index (χ3v) is 5.62. The molecular formula is C20H36O6. The Kier molecular flexibility index (Phi) is 8.33. The van der Waals surface area contributed by atoms with Gasteiger partial charge in [-0.3, -0.25) is 0 Å². The first-order valence-corrected chi connectivity index (χ1v) is 10.2. The third kappa shape index (κ3) is 6.19. The van der Waals surface area contributed by atoms with E-state index in [2.05, 4.69) is 13.8 Å². The number of carbonyl (C=O) groups is 1. The summed E-state index contributed by atoms with van der Waals surface area (Å²) in [6.45, 7) is 10.6. The van der Waals surface area contributed by atoms with Crippen LogP contribution in [0.15, 0.2) is 0 Å². The Morgan fingerprint density at radius 3 is 2.58 bits per heavy atom. The van der Waals surface area contributed by atoms with E-state index in [1.807, 2.05) is 20.8 Å². The first kappa shape index (κ1) is 21.6. The van der Waals surface area contributed by atoms with Crippen LogP contribution in [0.4, 0.5) is 0 Å². The summed E-state index contributed by atoms with van der Waals surface area (Å²) in [6.07, 6.45) is 2.92. The lowest BCUT2D eigenvalue weighted by molar-refractivity contribution is -0.255. The molecule has 0 aromatic heterocycles. The Labute approximate surface area is 157 Å². The predicted octanol–water partition coefficient (Wildman–Crippen LogP) is 3.05. The second-order valence-electron chi connectivity index (χ2n) is 7.92. The van der Waals surface area contributed by atoms with Crippen LogP contribution in [-0.2, 0) is 23.7 Å². The molecule has 2 aliphatic rings. The number of carbonyl (C=O) groups excluding carboxylic acids is 1. The maximum atomic E-state index is 12.0. The SMILES string of the molecule is CCC(CC)COC(=O)[C@H]1O[C@@H]1CC[C@@H](C)O[C@@H]1O[C@@H](C)[C@H](O)C[C@H]1C. The predicted molar refractivity (Wildman–Crippen MR) is 97.6 cm³/mol. The first-order chi connectivity index (χ1) is 12.3. The van der Waals surface area contributed by atoms with Crippen LogP contribution in [0.1, 0.15) is 66.7 Å². The van der Waals surface area contributed by atoms with Gasteiger partial charge in [-0.15, -0.1) is 0 Å². The minimum Gasteiger partial charge on any atom is -0.463 e. The van der Waals surface area contributed by atoms with Crippen molar-refractivity contribution in [1.82, 2.24) is 0 Å². The molecule has 2 aliphatic heterocycles. The van der Waals surface area contributed by atoms with Crippen molar-refractivity contribution in [2.45, 2.75) is 104 Å². The molecule has 0 bridgehead atoms. The molecule has 2 fully saturated rings. The molecule has 2 saturated heterocycles. The Balaban J connectivity index is 1.63. The molecule has 1 N–H and O–H groups in total. The van der Waals surface area contributed by atoms with E-state index in [0.29, 0.717) is 18.9 Å². The molecule has 26 heavy (non-hydrogen) atoms. The standard InChI is InChI=1S/C20H36O6/c1-6-15(7-2)11-23-19(22)18-17(26-18)9-8-13(4)24-20-12(3)10-16(21)14(5)25-20/h12-18,20-21H,6-11H2,1-5H3/t12-,13-,14+,16-,17-,18+,20-/m1/s1. The largest absolute Gasteiger partial charge is 0.463 e. The molecule has 7 atom stereocenters. The molecule has 0 aliphatic carbocycles. The summed E-state index contributed by atoms with van der Waals surface area (Å²) in [5.74, 6) is 0.360. The number of aliphatic hydroxyl groups excluding tert-OH is 1. The summed E-state index contributed by atoms with van der Waals surface area (Å²) in [5, 5.41) is 9.83. The normalized spacial score (nSPS) is 35.3. The van der Waals surface area contributed by atoms with E-state index in [0.717, 1.165) is 25.7 Å². The van der Waals surface area contributed by atoms with Crippen LogP contribution in [0, 0.1) is 11.8 Å². The number of rotatable bonds is 10. The van der Waals surface area contributed by atoms with E-state index >= 15 is 0 Å². The van der Waals surface area contributed by atoms with E-state index in [1.165, 1.54) is 0 Å². The van der Waals surface area contributed by atoms with E-state index < -0.39 is 12.2 Å². The van der Waals surface area contributed by atoms with Gasteiger partial charge in [0.15, 0.2) is 12.4 Å². The van der Waals surface area contributed by atoms with Crippen LogP contribution in [0.2, 0.25) is 0 Å². The van der Waals surface area contributed by atoms with Crippen molar-refractivity contribution in [2.75, 3.05) is 6.61 Å². The van der Waals surface area contributed by atoms with Gasteiger partial charge in [0.1, 0.15) is 0 Å². The van der Waals surface area contributed by atoms with Crippen molar-refractivity contribution in [1.29, 1.82) is 0 Å². The van der Waals surface area contributed by atoms with Crippen molar-refractivity contribution in [3.8, 4) is 0 Å². The summed E-state index contributed by atoms with van der Waals surface area (Å²) < 4.78 is 22.6. The third-order valence-electron chi connectivity index (χ3n) is 5.62. The molecule has 0 saturated carbocycles. The summed E-state index contributed by atoms with van der Waals surface area (Å²) in [6, 6.07) is 0. The zero-order valence-corrected chi connectivity index (χ0v) is 16.8. The first-order valence-electron chi connectivity index (χ1n) is 10.2. The minimum absolute atomic E-state index is 0.00956. The van der Waals surface area contributed by atoms with E-state index in [-0.39, 0.29) is 36.5 Å². The van der Waals surface area contributed by atoms with Gasteiger partial charge in [-0.1, -0.05) is 33.6 Å². The molecule has 0 unspecified atom stereocenters. The summed E-state index contributed by atoms with van der Waals surface area (Å²) in [5.41, 5.74) is 0. The Morgan fingerprint density at radius 1 is 1.23 bits per heavy atom. The zero-order valence-electron chi connectivity index (χ0n) is 16.8. The van der Waals surface area contributed by atoms with Gasteiger partial charge in [0.05, 0.1) is 31.0 Å². The van der Waals surface area contributed by atoms with Gasteiger partial charge in [-0.2, -0.15) is 0 Å². The second-order valence-corrected chi connectivity index (χ2v) is 7.92.